The fourth-order valence-corrected chi connectivity index (χ4v) is 1.50. The van der Waals surface area contributed by atoms with Crippen molar-refractivity contribution < 1.29 is 4.74 Å². The Morgan fingerprint density at radius 3 is 2.87 bits per heavy atom. The van der Waals surface area contributed by atoms with Gasteiger partial charge in [0.15, 0.2) is 0 Å². The average Bonchev–Trinajstić information content (AvgIpc) is 2.23. The molecule has 1 aromatic rings. The number of thioether (sulfide) groups is 1. The van der Waals surface area contributed by atoms with Gasteiger partial charge in [-0.15, -0.1) is 0 Å². The molecule has 0 radical (unpaired) electrons. The molecule has 0 aliphatic rings. The number of methoxy groups -OCH3 is 1. The standard InChI is InChI=1S/C8H13ClN4OS/c1-14-8-12-6(9)11-7(13-8)10-4-3-5-15-2/h3-5H2,1-2H3,(H,10,11,12,13). The summed E-state index contributed by atoms with van der Waals surface area (Å²) in [6, 6.07) is 0.224. The molecule has 0 spiro atoms. The highest BCUT2D eigenvalue weighted by Crippen LogP contribution is 2.10. The molecule has 0 amide bonds. The average molecular weight is 249 g/mol. The fourth-order valence-electron chi connectivity index (χ4n) is 0.919. The minimum absolute atomic E-state index is 0.134. The van der Waals surface area contributed by atoms with Crippen molar-refractivity contribution in [2.45, 2.75) is 6.42 Å². The predicted molar refractivity (Wildman–Crippen MR) is 62.9 cm³/mol. The molecule has 5 nitrogen and oxygen atoms in total. The van der Waals surface area contributed by atoms with Crippen LogP contribution in [-0.2, 0) is 0 Å². The van der Waals surface area contributed by atoms with Crippen LogP contribution in [0.1, 0.15) is 6.42 Å². The van der Waals surface area contributed by atoms with E-state index in [9.17, 15) is 0 Å². The zero-order chi connectivity index (χ0) is 11.1. The first-order valence-electron chi connectivity index (χ1n) is 4.44. The van der Waals surface area contributed by atoms with E-state index in [0.717, 1.165) is 18.7 Å². The fraction of sp³-hybridized carbons (Fsp3) is 0.625. The number of ether oxygens (including phenoxy) is 1. The molecule has 0 saturated carbocycles. The third kappa shape index (κ3) is 4.53. The van der Waals surface area contributed by atoms with Crippen LogP contribution >= 0.6 is 23.4 Å². The van der Waals surface area contributed by atoms with E-state index < -0.39 is 0 Å². The Morgan fingerprint density at radius 2 is 2.20 bits per heavy atom. The Hall–Kier alpha value is -0.750. The number of nitrogens with zero attached hydrogens (tertiary/aromatic N) is 3. The lowest BCUT2D eigenvalue weighted by Gasteiger charge is -2.05. The SMILES string of the molecule is COc1nc(Cl)nc(NCCCSC)n1. The molecule has 0 saturated heterocycles. The summed E-state index contributed by atoms with van der Waals surface area (Å²) < 4.78 is 4.87. The smallest absolute Gasteiger partial charge is 0.322 e. The number of aromatic nitrogens is 3. The number of halogens is 1. The molecule has 0 fully saturated rings. The second kappa shape index (κ2) is 6.68. The van der Waals surface area contributed by atoms with Gasteiger partial charge in [0.05, 0.1) is 7.11 Å². The molecule has 0 aliphatic carbocycles. The maximum absolute atomic E-state index is 5.68. The Labute approximate surface area is 98.0 Å². The van der Waals surface area contributed by atoms with Gasteiger partial charge in [0.25, 0.3) is 0 Å². The van der Waals surface area contributed by atoms with E-state index in [2.05, 4.69) is 26.5 Å². The summed E-state index contributed by atoms with van der Waals surface area (Å²) in [7, 11) is 1.49. The van der Waals surface area contributed by atoms with Crippen LogP contribution in [0.3, 0.4) is 0 Å². The van der Waals surface area contributed by atoms with Gasteiger partial charge < -0.3 is 10.1 Å². The van der Waals surface area contributed by atoms with Crippen molar-refractivity contribution in [3.8, 4) is 6.01 Å². The number of anilines is 1. The third-order valence-electron chi connectivity index (χ3n) is 1.58. The second-order valence-electron chi connectivity index (χ2n) is 2.69. The Bertz CT molecular complexity index is 313. The normalized spacial score (nSPS) is 10.1. The monoisotopic (exact) mass is 248 g/mol. The molecule has 1 aromatic heterocycles. The predicted octanol–water partition coefficient (Wildman–Crippen LogP) is 1.70. The minimum atomic E-state index is 0.134. The Morgan fingerprint density at radius 1 is 1.40 bits per heavy atom. The lowest BCUT2D eigenvalue weighted by atomic mass is 10.5. The molecule has 1 N–H and O–H groups in total. The zero-order valence-corrected chi connectivity index (χ0v) is 10.2. The summed E-state index contributed by atoms with van der Waals surface area (Å²) in [5.74, 6) is 1.55. The van der Waals surface area contributed by atoms with Gasteiger partial charge in [-0.3, -0.25) is 0 Å². The zero-order valence-electron chi connectivity index (χ0n) is 8.66. The van der Waals surface area contributed by atoms with E-state index in [1.54, 1.807) is 11.8 Å². The van der Waals surface area contributed by atoms with Crippen LogP contribution in [-0.4, -0.2) is 40.6 Å². The van der Waals surface area contributed by atoms with E-state index in [1.807, 2.05) is 0 Å². The van der Waals surface area contributed by atoms with Gasteiger partial charge in [-0.2, -0.15) is 26.7 Å². The van der Waals surface area contributed by atoms with Crippen molar-refractivity contribution in [2.24, 2.45) is 0 Å². The molecule has 0 unspecified atom stereocenters. The van der Waals surface area contributed by atoms with Crippen LogP contribution in [0.15, 0.2) is 0 Å². The first-order chi connectivity index (χ1) is 7.26. The Kier molecular flexibility index (Phi) is 5.49. The van der Waals surface area contributed by atoms with Gasteiger partial charge in [0, 0.05) is 6.54 Å². The molecule has 0 atom stereocenters. The van der Waals surface area contributed by atoms with Crippen molar-refractivity contribution in [2.75, 3.05) is 31.0 Å². The minimum Gasteiger partial charge on any atom is -0.467 e. The highest BCUT2D eigenvalue weighted by Gasteiger charge is 2.03. The topological polar surface area (TPSA) is 59.9 Å². The number of hydrogen-bond donors (Lipinski definition) is 1. The van der Waals surface area contributed by atoms with Crippen LogP contribution in [0, 0.1) is 0 Å². The molecule has 0 aromatic carbocycles. The highest BCUT2D eigenvalue weighted by atomic mass is 35.5. The van der Waals surface area contributed by atoms with Gasteiger partial charge in [0.1, 0.15) is 0 Å². The van der Waals surface area contributed by atoms with Gasteiger partial charge in [-0.05, 0) is 30.0 Å². The van der Waals surface area contributed by atoms with Crippen LogP contribution in [0.4, 0.5) is 5.95 Å². The molecular formula is C8H13ClN4OS. The van der Waals surface area contributed by atoms with E-state index in [0.29, 0.717) is 5.95 Å². The first-order valence-corrected chi connectivity index (χ1v) is 6.22. The van der Waals surface area contributed by atoms with E-state index >= 15 is 0 Å². The lowest BCUT2D eigenvalue weighted by molar-refractivity contribution is 0.379. The van der Waals surface area contributed by atoms with Gasteiger partial charge >= 0.3 is 6.01 Å². The van der Waals surface area contributed by atoms with Crippen LogP contribution < -0.4 is 10.1 Å². The summed E-state index contributed by atoms with van der Waals surface area (Å²) in [5, 5.41) is 3.19. The first kappa shape index (κ1) is 12.3. The van der Waals surface area contributed by atoms with Crippen LogP contribution in [0.25, 0.3) is 0 Å². The summed E-state index contributed by atoms with van der Waals surface area (Å²) in [6.45, 7) is 0.810. The highest BCUT2D eigenvalue weighted by molar-refractivity contribution is 7.98. The molecule has 0 aliphatic heterocycles. The summed E-state index contributed by atoms with van der Waals surface area (Å²) >= 11 is 7.49. The number of hydrogen-bond acceptors (Lipinski definition) is 6. The van der Waals surface area contributed by atoms with Crippen LogP contribution in [0.2, 0.25) is 5.28 Å². The molecule has 0 bridgehead atoms. The lowest BCUT2D eigenvalue weighted by Crippen LogP contribution is -2.08. The van der Waals surface area contributed by atoms with Crippen molar-refractivity contribution >= 4 is 29.3 Å². The molecular weight excluding hydrogens is 236 g/mol. The molecule has 7 heteroatoms. The van der Waals surface area contributed by atoms with E-state index in [-0.39, 0.29) is 11.3 Å². The maximum atomic E-state index is 5.68. The quantitative estimate of drug-likeness (QED) is 0.774. The van der Waals surface area contributed by atoms with E-state index in [1.165, 1.54) is 7.11 Å². The van der Waals surface area contributed by atoms with Gasteiger partial charge in [-0.1, -0.05) is 0 Å². The van der Waals surface area contributed by atoms with E-state index in [4.69, 9.17) is 16.3 Å². The molecule has 15 heavy (non-hydrogen) atoms. The maximum Gasteiger partial charge on any atom is 0.322 e. The van der Waals surface area contributed by atoms with Gasteiger partial charge in [0.2, 0.25) is 11.2 Å². The van der Waals surface area contributed by atoms with Crippen molar-refractivity contribution in [3.63, 3.8) is 0 Å². The summed E-state index contributed by atoms with van der Waals surface area (Å²) in [4.78, 5) is 11.7. The largest absolute Gasteiger partial charge is 0.467 e. The Balaban J connectivity index is 2.49. The van der Waals surface area contributed by atoms with Gasteiger partial charge in [-0.25, -0.2) is 0 Å². The molecule has 84 valence electrons. The van der Waals surface area contributed by atoms with Crippen molar-refractivity contribution in [1.29, 1.82) is 0 Å². The molecule has 1 rings (SSSR count). The summed E-state index contributed by atoms with van der Waals surface area (Å²) in [5.41, 5.74) is 0. The second-order valence-corrected chi connectivity index (χ2v) is 4.01. The number of rotatable bonds is 6. The molecule has 1 heterocycles. The van der Waals surface area contributed by atoms with Crippen molar-refractivity contribution in [1.82, 2.24) is 15.0 Å². The number of nitrogens with one attached hydrogen (secondary N) is 1. The summed E-state index contributed by atoms with van der Waals surface area (Å²) in [6.07, 6.45) is 3.12. The van der Waals surface area contributed by atoms with Crippen LogP contribution in [0.5, 0.6) is 6.01 Å². The third-order valence-corrected chi connectivity index (χ3v) is 2.44. The van der Waals surface area contributed by atoms with Crippen molar-refractivity contribution in [3.05, 3.63) is 5.28 Å².